The third-order valence-electron chi connectivity index (χ3n) is 5.32. The number of nitrogens with zero attached hydrogens (tertiary/aromatic N) is 4. The van der Waals surface area contributed by atoms with E-state index in [1.165, 1.54) is 18.4 Å². The van der Waals surface area contributed by atoms with Crippen LogP contribution in [0.4, 0.5) is 5.69 Å². The summed E-state index contributed by atoms with van der Waals surface area (Å²) in [5.74, 6) is 1.46. The van der Waals surface area contributed by atoms with E-state index in [2.05, 4.69) is 4.98 Å². The fraction of sp³-hybridized carbons (Fsp3) is 0.333. The molecule has 0 fully saturated rings. The molecule has 1 aromatic heterocycles. The number of rotatable bonds is 5. The number of carbonyl (C=O) groups excluding carboxylic acids is 1. The standard InChI is InChI=1S/C21H24N4O4S/c1-23(2)30(27,28)15-8-9-17-16(14-15)22-20(24(17)3)10-11-21(26)25-12-13-29-19-7-5-4-6-18(19)25/h4-9,14H,10-13H2,1-3H3. The van der Waals surface area contributed by atoms with Crippen molar-refractivity contribution in [1.82, 2.24) is 13.9 Å². The molecule has 1 amide bonds. The summed E-state index contributed by atoms with van der Waals surface area (Å²) in [5.41, 5.74) is 2.21. The average molecular weight is 429 g/mol. The molecule has 0 aliphatic carbocycles. The minimum absolute atomic E-state index is 0.00804. The number of amides is 1. The summed E-state index contributed by atoms with van der Waals surface area (Å²) in [7, 11) is 1.34. The van der Waals surface area contributed by atoms with Crippen molar-refractivity contribution in [2.75, 3.05) is 32.1 Å². The SMILES string of the molecule is CN(C)S(=O)(=O)c1ccc2c(c1)nc(CCC(=O)N1CCOc3ccccc31)n2C. The second-order valence-electron chi connectivity index (χ2n) is 7.39. The lowest BCUT2D eigenvalue weighted by Gasteiger charge is -2.29. The third kappa shape index (κ3) is 3.54. The fourth-order valence-corrected chi connectivity index (χ4v) is 4.53. The first-order valence-electron chi connectivity index (χ1n) is 9.69. The Bertz CT molecular complexity index is 1220. The molecule has 0 radical (unpaired) electrons. The van der Waals surface area contributed by atoms with Gasteiger partial charge in [0, 0.05) is 34.0 Å². The van der Waals surface area contributed by atoms with Gasteiger partial charge >= 0.3 is 0 Å². The molecule has 0 N–H and O–H groups in total. The van der Waals surface area contributed by atoms with Gasteiger partial charge in [0.1, 0.15) is 18.2 Å². The smallest absolute Gasteiger partial charge is 0.242 e. The molecule has 30 heavy (non-hydrogen) atoms. The highest BCUT2D eigenvalue weighted by atomic mass is 32.2. The number of anilines is 1. The molecule has 3 aromatic rings. The lowest BCUT2D eigenvalue weighted by Crippen LogP contribution is -2.38. The van der Waals surface area contributed by atoms with Crippen LogP contribution < -0.4 is 9.64 Å². The summed E-state index contributed by atoms with van der Waals surface area (Å²) in [6.07, 6.45) is 0.758. The van der Waals surface area contributed by atoms with Crippen molar-refractivity contribution in [3.63, 3.8) is 0 Å². The van der Waals surface area contributed by atoms with Crippen molar-refractivity contribution in [3.8, 4) is 5.75 Å². The summed E-state index contributed by atoms with van der Waals surface area (Å²) >= 11 is 0. The fourth-order valence-electron chi connectivity index (χ4n) is 3.61. The largest absolute Gasteiger partial charge is 0.490 e. The molecule has 158 valence electrons. The molecule has 4 rings (SSSR count). The predicted molar refractivity (Wildman–Crippen MR) is 114 cm³/mol. The Morgan fingerprint density at radius 3 is 2.73 bits per heavy atom. The molecule has 8 nitrogen and oxygen atoms in total. The molecule has 2 aromatic carbocycles. The van der Waals surface area contributed by atoms with E-state index in [-0.39, 0.29) is 10.8 Å². The number of imidazole rings is 1. The highest BCUT2D eigenvalue weighted by Crippen LogP contribution is 2.31. The predicted octanol–water partition coefficient (Wildman–Crippen LogP) is 2.18. The normalized spacial score (nSPS) is 14.1. The van der Waals surface area contributed by atoms with Crippen LogP contribution in [0.25, 0.3) is 11.0 Å². The van der Waals surface area contributed by atoms with Crippen LogP contribution in [0.15, 0.2) is 47.4 Å². The molecule has 1 aliphatic rings. The molecule has 9 heteroatoms. The Labute approximate surface area is 175 Å². The number of carbonyl (C=O) groups is 1. The van der Waals surface area contributed by atoms with E-state index in [0.29, 0.717) is 31.5 Å². The molecular formula is C21H24N4O4S. The van der Waals surface area contributed by atoms with Gasteiger partial charge in [-0.3, -0.25) is 4.79 Å². The van der Waals surface area contributed by atoms with Crippen LogP contribution in [0.3, 0.4) is 0 Å². The van der Waals surface area contributed by atoms with Crippen LogP contribution in [-0.2, 0) is 28.3 Å². The summed E-state index contributed by atoms with van der Waals surface area (Å²) in [6, 6.07) is 12.4. The van der Waals surface area contributed by atoms with Crippen molar-refractivity contribution < 1.29 is 17.9 Å². The number of aromatic nitrogens is 2. The van der Waals surface area contributed by atoms with Gasteiger partial charge in [-0.2, -0.15) is 0 Å². The average Bonchev–Trinajstić information content (AvgIpc) is 3.06. The zero-order valence-corrected chi connectivity index (χ0v) is 18.0. The number of para-hydroxylation sites is 2. The number of sulfonamides is 1. The Morgan fingerprint density at radius 1 is 1.20 bits per heavy atom. The number of hydrogen-bond acceptors (Lipinski definition) is 5. The first-order chi connectivity index (χ1) is 14.3. The number of hydrogen-bond donors (Lipinski definition) is 0. The Balaban J connectivity index is 1.55. The van der Waals surface area contributed by atoms with E-state index in [4.69, 9.17) is 4.74 Å². The first-order valence-corrected chi connectivity index (χ1v) is 11.1. The van der Waals surface area contributed by atoms with Gasteiger partial charge in [-0.25, -0.2) is 17.7 Å². The molecule has 1 aliphatic heterocycles. The maximum atomic E-state index is 12.9. The molecule has 0 atom stereocenters. The Kier molecular flexibility index (Phi) is 5.25. The lowest BCUT2D eigenvalue weighted by atomic mass is 10.2. The molecule has 0 saturated heterocycles. The quantitative estimate of drug-likeness (QED) is 0.622. The minimum atomic E-state index is -3.53. The van der Waals surface area contributed by atoms with E-state index < -0.39 is 10.0 Å². The summed E-state index contributed by atoms with van der Waals surface area (Å²) in [6.45, 7) is 0.988. The van der Waals surface area contributed by atoms with Gasteiger partial charge in [0.25, 0.3) is 0 Å². The topological polar surface area (TPSA) is 84.7 Å². The van der Waals surface area contributed by atoms with E-state index >= 15 is 0 Å². The summed E-state index contributed by atoms with van der Waals surface area (Å²) in [4.78, 5) is 19.4. The van der Waals surface area contributed by atoms with E-state index in [0.717, 1.165) is 22.8 Å². The van der Waals surface area contributed by atoms with Gasteiger partial charge in [-0.1, -0.05) is 12.1 Å². The second kappa shape index (κ2) is 7.73. The molecule has 0 unspecified atom stereocenters. The molecule has 0 bridgehead atoms. The van der Waals surface area contributed by atoms with Crippen LogP contribution in [0.2, 0.25) is 0 Å². The Hall–Kier alpha value is -2.91. The van der Waals surface area contributed by atoms with E-state index in [1.54, 1.807) is 23.1 Å². The number of benzene rings is 2. The zero-order valence-electron chi connectivity index (χ0n) is 17.2. The number of fused-ring (bicyclic) bond motifs is 2. The van der Waals surface area contributed by atoms with Gasteiger partial charge in [-0.15, -0.1) is 0 Å². The molecule has 0 saturated carbocycles. The monoisotopic (exact) mass is 428 g/mol. The number of ether oxygens (including phenoxy) is 1. The summed E-state index contributed by atoms with van der Waals surface area (Å²) < 4.78 is 33.5. The van der Waals surface area contributed by atoms with Crippen LogP contribution in [-0.4, -0.2) is 55.4 Å². The summed E-state index contributed by atoms with van der Waals surface area (Å²) in [5, 5.41) is 0. The van der Waals surface area contributed by atoms with Crippen LogP contribution in [0.1, 0.15) is 12.2 Å². The van der Waals surface area contributed by atoms with Gasteiger partial charge < -0.3 is 14.2 Å². The molecule has 2 heterocycles. The van der Waals surface area contributed by atoms with Crippen molar-refractivity contribution in [2.24, 2.45) is 7.05 Å². The highest BCUT2D eigenvalue weighted by Gasteiger charge is 2.24. The van der Waals surface area contributed by atoms with Crippen LogP contribution in [0, 0.1) is 0 Å². The minimum Gasteiger partial charge on any atom is -0.490 e. The van der Waals surface area contributed by atoms with Crippen molar-refractivity contribution in [3.05, 3.63) is 48.3 Å². The molecule has 0 spiro atoms. The van der Waals surface area contributed by atoms with Gasteiger partial charge in [0.2, 0.25) is 15.9 Å². The second-order valence-corrected chi connectivity index (χ2v) is 9.54. The van der Waals surface area contributed by atoms with Crippen LogP contribution >= 0.6 is 0 Å². The van der Waals surface area contributed by atoms with Crippen LogP contribution in [0.5, 0.6) is 5.75 Å². The maximum Gasteiger partial charge on any atom is 0.242 e. The highest BCUT2D eigenvalue weighted by molar-refractivity contribution is 7.89. The third-order valence-corrected chi connectivity index (χ3v) is 7.13. The zero-order chi connectivity index (χ0) is 21.5. The van der Waals surface area contributed by atoms with Crippen molar-refractivity contribution in [1.29, 1.82) is 0 Å². The lowest BCUT2D eigenvalue weighted by molar-refractivity contribution is -0.118. The molecular weight excluding hydrogens is 404 g/mol. The van der Waals surface area contributed by atoms with Crippen molar-refractivity contribution in [2.45, 2.75) is 17.7 Å². The van der Waals surface area contributed by atoms with E-state index in [9.17, 15) is 13.2 Å². The van der Waals surface area contributed by atoms with Gasteiger partial charge in [-0.05, 0) is 30.3 Å². The van der Waals surface area contributed by atoms with Crippen molar-refractivity contribution >= 4 is 32.7 Å². The van der Waals surface area contributed by atoms with Gasteiger partial charge in [0.05, 0.1) is 28.2 Å². The Morgan fingerprint density at radius 2 is 1.97 bits per heavy atom. The number of aryl methyl sites for hydroxylation is 2. The maximum absolute atomic E-state index is 12.9. The van der Waals surface area contributed by atoms with Gasteiger partial charge in [0.15, 0.2) is 0 Å². The first kappa shape index (κ1) is 20.4. The van der Waals surface area contributed by atoms with E-state index in [1.807, 2.05) is 35.9 Å².